The van der Waals surface area contributed by atoms with E-state index >= 15 is 0 Å². The van der Waals surface area contributed by atoms with Crippen LogP contribution in [0.4, 0.5) is 0 Å². The fourth-order valence-electron chi connectivity index (χ4n) is 3.01. The van der Waals surface area contributed by atoms with Crippen LogP contribution in [0.2, 0.25) is 5.15 Å². The molecular weight excluding hydrogens is 374 g/mol. The third-order valence-electron chi connectivity index (χ3n) is 4.34. The zero-order valence-electron chi connectivity index (χ0n) is 14.9. The van der Waals surface area contributed by atoms with Crippen LogP contribution in [0, 0.1) is 6.92 Å². The average molecular weight is 388 g/mol. The van der Waals surface area contributed by atoms with Crippen LogP contribution in [0.15, 0.2) is 71.4 Å². The van der Waals surface area contributed by atoms with Crippen LogP contribution in [-0.4, -0.2) is 24.7 Å². The number of pyridine rings is 1. The molecule has 0 spiro atoms. The topological polar surface area (TPSA) is 69.6 Å². The van der Waals surface area contributed by atoms with E-state index in [9.17, 15) is 0 Å². The Morgan fingerprint density at radius 3 is 2.71 bits per heavy atom. The standard InChI is InChI=1S/C21H14ClN5O/c1-13-5-4-6-14(11-13)15-8-10-27(26-15)21-24-17-12-18(16-7-2-3-9-23-16)28-19(17)20(22)25-21/h2-12H,1H3. The zero-order valence-corrected chi connectivity index (χ0v) is 15.6. The molecule has 0 bridgehead atoms. The lowest BCUT2D eigenvalue weighted by molar-refractivity contribution is 0.625. The van der Waals surface area contributed by atoms with Crippen LogP contribution in [-0.2, 0) is 0 Å². The lowest BCUT2D eigenvalue weighted by Gasteiger charge is -2.01. The Morgan fingerprint density at radius 1 is 0.964 bits per heavy atom. The van der Waals surface area contributed by atoms with Crippen molar-refractivity contribution in [2.45, 2.75) is 6.92 Å². The van der Waals surface area contributed by atoms with Gasteiger partial charge in [0.1, 0.15) is 11.2 Å². The van der Waals surface area contributed by atoms with Gasteiger partial charge in [-0.05, 0) is 31.2 Å². The van der Waals surface area contributed by atoms with Crippen molar-refractivity contribution in [2.24, 2.45) is 0 Å². The van der Waals surface area contributed by atoms with Crippen LogP contribution in [0.5, 0.6) is 0 Å². The highest BCUT2D eigenvalue weighted by Gasteiger charge is 2.15. The number of hydrogen-bond acceptors (Lipinski definition) is 5. The summed E-state index contributed by atoms with van der Waals surface area (Å²) in [5.74, 6) is 0.967. The summed E-state index contributed by atoms with van der Waals surface area (Å²) < 4.78 is 7.42. The van der Waals surface area contributed by atoms with Crippen molar-refractivity contribution >= 4 is 22.7 Å². The Hall–Kier alpha value is -3.51. The summed E-state index contributed by atoms with van der Waals surface area (Å²) in [7, 11) is 0. The highest BCUT2D eigenvalue weighted by Crippen LogP contribution is 2.30. The summed E-state index contributed by atoms with van der Waals surface area (Å²) in [4.78, 5) is 13.2. The number of rotatable bonds is 3. The van der Waals surface area contributed by atoms with Crippen molar-refractivity contribution < 1.29 is 4.42 Å². The normalized spacial score (nSPS) is 11.2. The number of halogens is 1. The van der Waals surface area contributed by atoms with Crippen molar-refractivity contribution in [3.63, 3.8) is 0 Å². The summed E-state index contributed by atoms with van der Waals surface area (Å²) in [6.45, 7) is 2.05. The Bertz CT molecular complexity index is 1290. The molecule has 0 aliphatic heterocycles. The van der Waals surface area contributed by atoms with Crippen molar-refractivity contribution in [1.29, 1.82) is 0 Å². The molecular formula is C21H14ClN5O. The largest absolute Gasteiger partial charge is 0.449 e. The number of fused-ring (bicyclic) bond motifs is 1. The van der Waals surface area contributed by atoms with Gasteiger partial charge < -0.3 is 4.42 Å². The van der Waals surface area contributed by atoms with E-state index in [4.69, 9.17) is 16.0 Å². The molecule has 0 aliphatic carbocycles. The van der Waals surface area contributed by atoms with E-state index < -0.39 is 0 Å². The molecule has 0 radical (unpaired) electrons. The molecule has 1 aromatic carbocycles. The summed E-state index contributed by atoms with van der Waals surface area (Å²) in [5.41, 5.74) is 4.78. The second-order valence-corrected chi connectivity index (χ2v) is 6.73. The molecule has 0 saturated carbocycles. The molecule has 4 aromatic heterocycles. The summed E-state index contributed by atoms with van der Waals surface area (Å²) in [6.07, 6.45) is 3.52. The second-order valence-electron chi connectivity index (χ2n) is 6.37. The van der Waals surface area contributed by atoms with Crippen molar-refractivity contribution in [3.05, 3.63) is 77.7 Å². The van der Waals surface area contributed by atoms with Gasteiger partial charge in [0.05, 0.1) is 5.69 Å². The van der Waals surface area contributed by atoms with Gasteiger partial charge in [-0.2, -0.15) is 10.1 Å². The molecule has 0 N–H and O–H groups in total. The van der Waals surface area contributed by atoms with Gasteiger partial charge in [-0.15, -0.1) is 0 Å². The highest BCUT2D eigenvalue weighted by atomic mass is 35.5. The number of aryl methyl sites for hydroxylation is 1. The third kappa shape index (κ3) is 2.93. The molecule has 28 heavy (non-hydrogen) atoms. The maximum Gasteiger partial charge on any atom is 0.252 e. The van der Waals surface area contributed by atoms with E-state index in [1.807, 2.05) is 42.6 Å². The minimum atomic E-state index is 0.231. The number of furan rings is 1. The van der Waals surface area contributed by atoms with Crippen molar-refractivity contribution in [1.82, 2.24) is 24.7 Å². The van der Waals surface area contributed by atoms with Crippen LogP contribution in [0.25, 0.3) is 39.8 Å². The molecule has 0 saturated heterocycles. The summed E-state index contributed by atoms with van der Waals surface area (Å²) >= 11 is 6.35. The molecule has 0 unspecified atom stereocenters. The first-order chi connectivity index (χ1) is 13.7. The highest BCUT2D eigenvalue weighted by molar-refractivity contribution is 6.33. The number of hydrogen-bond donors (Lipinski definition) is 0. The zero-order chi connectivity index (χ0) is 19.1. The first kappa shape index (κ1) is 16.6. The van der Waals surface area contributed by atoms with E-state index in [0.717, 1.165) is 11.3 Å². The predicted octanol–water partition coefficient (Wildman–Crippen LogP) is 5.10. The van der Waals surface area contributed by atoms with E-state index in [-0.39, 0.29) is 5.15 Å². The molecule has 0 aliphatic rings. The monoisotopic (exact) mass is 387 g/mol. The fourth-order valence-corrected chi connectivity index (χ4v) is 3.23. The molecule has 5 aromatic rings. The molecule has 5 rings (SSSR count). The van der Waals surface area contributed by atoms with Gasteiger partial charge >= 0.3 is 0 Å². The van der Waals surface area contributed by atoms with Gasteiger partial charge in [0.2, 0.25) is 0 Å². The lowest BCUT2D eigenvalue weighted by atomic mass is 10.1. The van der Waals surface area contributed by atoms with E-state index in [0.29, 0.717) is 28.5 Å². The van der Waals surface area contributed by atoms with Crippen molar-refractivity contribution in [2.75, 3.05) is 0 Å². The van der Waals surface area contributed by atoms with Gasteiger partial charge in [-0.1, -0.05) is 41.4 Å². The minimum Gasteiger partial charge on any atom is -0.449 e. The van der Waals surface area contributed by atoms with Crippen LogP contribution < -0.4 is 0 Å². The van der Waals surface area contributed by atoms with Gasteiger partial charge in [0, 0.05) is 24.0 Å². The smallest absolute Gasteiger partial charge is 0.252 e. The van der Waals surface area contributed by atoms with Gasteiger partial charge in [-0.3, -0.25) is 4.98 Å². The summed E-state index contributed by atoms with van der Waals surface area (Å²) in [5, 5.41) is 4.83. The SMILES string of the molecule is Cc1cccc(-c2ccn(-c3nc(Cl)c4oc(-c5ccccn5)cc4n3)n2)c1. The second kappa shape index (κ2) is 6.58. The molecule has 0 atom stereocenters. The van der Waals surface area contributed by atoms with Gasteiger partial charge in [-0.25, -0.2) is 9.67 Å². The van der Waals surface area contributed by atoms with E-state index in [2.05, 4.69) is 39.1 Å². The van der Waals surface area contributed by atoms with Crippen LogP contribution in [0.1, 0.15) is 5.56 Å². The molecule has 6 nitrogen and oxygen atoms in total. The third-order valence-corrected chi connectivity index (χ3v) is 4.60. The molecule has 0 fully saturated rings. The quantitative estimate of drug-likeness (QED) is 0.403. The Kier molecular flexibility index (Phi) is 3.91. The first-order valence-corrected chi connectivity index (χ1v) is 9.07. The Morgan fingerprint density at radius 2 is 1.89 bits per heavy atom. The average Bonchev–Trinajstić information content (AvgIpc) is 3.36. The molecule has 4 heterocycles. The Labute approximate surface area is 165 Å². The number of aromatic nitrogens is 5. The molecule has 136 valence electrons. The fraction of sp³-hybridized carbons (Fsp3) is 0.0476. The maximum absolute atomic E-state index is 6.35. The molecule has 7 heteroatoms. The van der Waals surface area contributed by atoms with Crippen LogP contribution >= 0.6 is 11.6 Å². The Balaban J connectivity index is 1.57. The summed E-state index contributed by atoms with van der Waals surface area (Å²) in [6, 6.07) is 17.5. The van der Waals surface area contributed by atoms with E-state index in [1.54, 1.807) is 16.9 Å². The van der Waals surface area contributed by atoms with Gasteiger partial charge in [0.15, 0.2) is 16.5 Å². The van der Waals surface area contributed by atoms with E-state index in [1.165, 1.54) is 5.56 Å². The predicted molar refractivity (Wildman–Crippen MR) is 107 cm³/mol. The first-order valence-electron chi connectivity index (χ1n) is 8.69. The maximum atomic E-state index is 6.35. The van der Waals surface area contributed by atoms with Crippen LogP contribution in [0.3, 0.4) is 0 Å². The number of nitrogens with zero attached hydrogens (tertiary/aromatic N) is 5. The molecule has 0 amide bonds. The van der Waals surface area contributed by atoms with Crippen molar-refractivity contribution in [3.8, 4) is 28.7 Å². The van der Waals surface area contributed by atoms with Gasteiger partial charge in [0.25, 0.3) is 5.95 Å². The lowest BCUT2D eigenvalue weighted by Crippen LogP contribution is -2.02. The minimum absolute atomic E-state index is 0.231. The number of benzene rings is 1.